The van der Waals surface area contributed by atoms with Gasteiger partial charge >= 0.3 is 0 Å². The van der Waals surface area contributed by atoms with Crippen molar-refractivity contribution in [2.24, 2.45) is 44.6 Å². The third-order valence-electron chi connectivity index (χ3n) is 12.9. The average Bonchev–Trinajstić information content (AvgIpc) is 3.77. The second-order valence-corrected chi connectivity index (χ2v) is 18.8. The molecule has 412 valence electrons. The molecular weight excluding hydrogens is 969 g/mol. The van der Waals surface area contributed by atoms with E-state index in [0.717, 1.165) is 10.9 Å². The third kappa shape index (κ3) is 20.5. The first-order valence-corrected chi connectivity index (χ1v) is 25.4. The molecular formula is C50H78N16O9. The van der Waals surface area contributed by atoms with Crippen LogP contribution in [0.2, 0.25) is 0 Å². The van der Waals surface area contributed by atoms with Crippen LogP contribution in [0.4, 0.5) is 0 Å². The number of aliphatic hydroxyl groups is 2. The Kier molecular flexibility index (Phi) is 24.7. The van der Waals surface area contributed by atoms with Crippen molar-refractivity contribution in [3.63, 3.8) is 0 Å². The number of nitrogens with two attached hydrogens (primary N) is 5. The van der Waals surface area contributed by atoms with Crippen molar-refractivity contribution in [1.29, 1.82) is 0 Å². The predicted octanol–water partition coefficient (Wildman–Crippen LogP) is -2.72. The maximum absolute atomic E-state index is 14.7. The number of amides is 7. The van der Waals surface area contributed by atoms with Crippen LogP contribution in [-0.2, 0) is 46.4 Å². The molecule has 10 atom stereocenters. The zero-order chi connectivity index (χ0) is 55.0. The number of primary amides is 1. The van der Waals surface area contributed by atoms with Gasteiger partial charge in [0, 0.05) is 50.1 Å². The van der Waals surface area contributed by atoms with Crippen LogP contribution in [0.3, 0.4) is 0 Å². The maximum Gasteiger partial charge on any atom is 0.243 e. The van der Waals surface area contributed by atoms with Gasteiger partial charge in [0.2, 0.25) is 41.4 Å². The molecule has 4 rings (SSSR count). The van der Waals surface area contributed by atoms with E-state index in [1.807, 2.05) is 31.2 Å². The van der Waals surface area contributed by atoms with Crippen molar-refractivity contribution in [2.45, 2.75) is 146 Å². The number of carbonyl (C=O) groups is 7. The number of hydrogen-bond acceptors (Lipinski definition) is 13. The summed E-state index contributed by atoms with van der Waals surface area (Å²) in [4.78, 5) is 108. The maximum atomic E-state index is 14.7. The number of fused-ring (bicyclic) bond motifs is 1. The molecule has 1 aliphatic heterocycles. The molecule has 21 N–H and O–H groups in total. The van der Waals surface area contributed by atoms with Crippen molar-refractivity contribution >= 4 is 64.2 Å². The summed E-state index contributed by atoms with van der Waals surface area (Å²) in [6, 6.07) is 7.63. The Balaban J connectivity index is 1.77. The lowest BCUT2D eigenvalue weighted by Gasteiger charge is -2.34. The monoisotopic (exact) mass is 1050 g/mol. The Hall–Kier alpha value is -7.35. The van der Waals surface area contributed by atoms with Crippen LogP contribution in [-0.4, -0.2) is 143 Å². The smallest absolute Gasteiger partial charge is 0.243 e. The Bertz CT molecular complexity index is 2410. The van der Waals surface area contributed by atoms with E-state index in [2.05, 4.69) is 57.5 Å². The number of aromatic amines is 1. The van der Waals surface area contributed by atoms with E-state index in [9.17, 15) is 43.8 Å². The second-order valence-electron chi connectivity index (χ2n) is 18.8. The number of aliphatic hydroxyl groups excluding tert-OH is 2. The highest BCUT2D eigenvalue weighted by atomic mass is 16.3. The topological polar surface area (TPSA) is 427 Å². The molecule has 75 heavy (non-hydrogen) atoms. The van der Waals surface area contributed by atoms with Crippen molar-refractivity contribution in [3.05, 3.63) is 71.9 Å². The van der Waals surface area contributed by atoms with Crippen molar-refractivity contribution in [3.8, 4) is 0 Å². The summed E-state index contributed by atoms with van der Waals surface area (Å²) < 4.78 is 0. The number of guanidine groups is 2. The fourth-order valence-corrected chi connectivity index (χ4v) is 8.64. The van der Waals surface area contributed by atoms with E-state index in [-0.39, 0.29) is 76.5 Å². The molecule has 0 bridgehead atoms. The molecule has 7 amide bonds. The van der Waals surface area contributed by atoms with Crippen LogP contribution in [0.15, 0.2) is 70.8 Å². The summed E-state index contributed by atoms with van der Waals surface area (Å²) in [5.74, 6) is -5.76. The lowest BCUT2D eigenvalue weighted by molar-refractivity contribution is -0.134. The Morgan fingerprint density at radius 2 is 1.43 bits per heavy atom. The molecule has 3 aromatic rings. The molecule has 2 aromatic carbocycles. The molecule has 2 heterocycles. The van der Waals surface area contributed by atoms with E-state index in [0.29, 0.717) is 30.4 Å². The summed E-state index contributed by atoms with van der Waals surface area (Å²) in [6.07, 6.45) is -0.381. The van der Waals surface area contributed by atoms with Gasteiger partial charge in [0.15, 0.2) is 11.9 Å². The zero-order valence-corrected chi connectivity index (χ0v) is 43.0. The third-order valence-corrected chi connectivity index (χ3v) is 12.9. The number of aliphatic imine (C=N–C) groups is 2. The highest BCUT2D eigenvalue weighted by Gasteiger charge is 2.36. The lowest BCUT2D eigenvalue weighted by Crippen LogP contribution is -2.63. The minimum absolute atomic E-state index is 0.0160. The number of aromatic nitrogens is 1. The van der Waals surface area contributed by atoms with Crippen molar-refractivity contribution < 1.29 is 43.8 Å². The first-order chi connectivity index (χ1) is 35.8. The number of carbonyl (C=O) groups excluding carboxylic acids is 7. The number of nitrogens with one attached hydrogen (secondary N) is 9. The SMILES string of the molecule is CC[C@H](C)[C@@H]1NC(=O)[C@@H](NC(O)[C@H](CCCN=C(N)N)NC(C)=O)CC(=O)NCCCC[C@@H](C(N)=O)NC(=O)[C@H](Cc2c[nH]c3ccccc23)NC(=O)[C@H](CCCN=C(N)N)NC(=O)[C@@H](Cc2ccccc2)NC1O. The highest BCUT2D eigenvalue weighted by Crippen LogP contribution is 2.20. The molecule has 25 nitrogen and oxygen atoms in total. The summed E-state index contributed by atoms with van der Waals surface area (Å²) in [6.45, 7) is 5.19. The molecule has 1 saturated heterocycles. The fourth-order valence-electron chi connectivity index (χ4n) is 8.64. The van der Waals surface area contributed by atoms with E-state index in [1.165, 1.54) is 6.92 Å². The van der Waals surface area contributed by atoms with E-state index < -0.39 is 108 Å². The quantitative estimate of drug-likeness (QED) is 0.0251. The first-order valence-electron chi connectivity index (χ1n) is 25.4. The molecule has 1 aliphatic rings. The first kappa shape index (κ1) is 60.2. The molecule has 0 aliphatic carbocycles. The predicted molar refractivity (Wildman–Crippen MR) is 283 cm³/mol. The van der Waals surface area contributed by atoms with Gasteiger partial charge in [0.05, 0.1) is 30.6 Å². The molecule has 1 fully saturated rings. The Labute approximate surface area is 436 Å². The molecule has 0 saturated carbocycles. The van der Waals surface area contributed by atoms with Gasteiger partial charge in [-0.05, 0) is 74.5 Å². The fraction of sp³-hybridized carbons (Fsp3) is 0.540. The standard InChI is InChI=1S/C50H78N16O9/c1-4-28(2)41-48(75)65-37(24-30-14-6-5-7-15-30)45(72)62-36(20-13-23-58-50(54)55)44(71)63-38(25-31-27-59-33-17-9-8-16-32(31)33)46(73)61-34(42(51)69)18-10-11-21-56-40(68)26-39(47(74)66-41)64-43(70)35(60-29(3)67)19-12-22-57-49(52)53/h5-9,14-17,27-28,34-39,41,43,48,59,64-65,70,75H,4,10-13,18-26H2,1-3H3,(H2,51,69)(H,56,68)(H,60,67)(H,61,73)(H,62,72)(H,63,71)(H,66,74)(H4,52,53,57)(H4,54,55,58)/t28-,34-,35-,36-,37+,38-,39-,41-,43?,48?/m0/s1. The van der Waals surface area contributed by atoms with Crippen LogP contribution in [0.25, 0.3) is 10.9 Å². The number of hydrogen-bond donors (Lipinski definition) is 16. The summed E-state index contributed by atoms with van der Waals surface area (Å²) in [5, 5.41) is 46.8. The minimum atomic E-state index is -1.64. The molecule has 1 aromatic heterocycles. The van der Waals surface area contributed by atoms with Crippen LogP contribution < -0.4 is 71.2 Å². The van der Waals surface area contributed by atoms with E-state index in [4.69, 9.17) is 28.7 Å². The van der Waals surface area contributed by atoms with Gasteiger partial charge in [-0.2, -0.15) is 0 Å². The number of H-pyrrole nitrogens is 1. The number of para-hydroxylation sites is 1. The molecule has 0 spiro atoms. The molecule has 2 unspecified atom stereocenters. The summed E-state index contributed by atoms with van der Waals surface area (Å²) in [7, 11) is 0. The van der Waals surface area contributed by atoms with Gasteiger partial charge in [-0.1, -0.05) is 68.8 Å². The normalized spacial score (nSPS) is 23.2. The Morgan fingerprint density at radius 1 is 0.787 bits per heavy atom. The van der Waals surface area contributed by atoms with Crippen LogP contribution in [0.5, 0.6) is 0 Å². The minimum Gasteiger partial charge on any atom is -0.376 e. The van der Waals surface area contributed by atoms with E-state index >= 15 is 0 Å². The zero-order valence-electron chi connectivity index (χ0n) is 43.0. The number of benzene rings is 2. The highest BCUT2D eigenvalue weighted by molar-refractivity contribution is 5.95. The van der Waals surface area contributed by atoms with Crippen LogP contribution >= 0.6 is 0 Å². The van der Waals surface area contributed by atoms with Crippen LogP contribution in [0, 0.1) is 5.92 Å². The largest absolute Gasteiger partial charge is 0.376 e. The number of nitrogens with zero attached hydrogens (tertiary/aromatic N) is 2. The van der Waals surface area contributed by atoms with Gasteiger partial charge in [-0.3, -0.25) is 54.2 Å². The second kappa shape index (κ2) is 30.8. The van der Waals surface area contributed by atoms with E-state index in [1.54, 1.807) is 43.5 Å². The summed E-state index contributed by atoms with van der Waals surface area (Å²) >= 11 is 0. The molecule has 25 heteroatoms. The molecule has 0 radical (unpaired) electrons. The summed E-state index contributed by atoms with van der Waals surface area (Å²) in [5.41, 5.74) is 30.0. The van der Waals surface area contributed by atoms with Crippen molar-refractivity contribution in [2.75, 3.05) is 19.6 Å². The number of rotatable bonds is 19. The van der Waals surface area contributed by atoms with Gasteiger partial charge in [-0.25, -0.2) is 0 Å². The van der Waals surface area contributed by atoms with Gasteiger partial charge in [-0.15, -0.1) is 0 Å². The Morgan fingerprint density at radius 3 is 2.09 bits per heavy atom. The van der Waals surface area contributed by atoms with Gasteiger partial charge < -0.3 is 75.8 Å². The lowest BCUT2D eigenvalue weighted by atomic mass is 9.95. The van der Waals surface area contributed by atoms with Gasteiger partial charge in [0.25, 0.3) is 0 Å². The van der Waals surface area contributed by atoms with Crippen LogP contribution in [0.1, 0.15) is 89.7 Å². The van der Waals surface area contributed by atoms with Crippen molar-refractivity contribution in [1.82, 2.24) is 47.5 Å². The van der Waals surface area contributed by atoms with Gasteiger partial charge in [0.1, 0.15) is 30.6 Å². The average molecular weight is 1050 g/mol.